The third-order valence-corrected chi connectivity index (χ3v) is 14.0. The molecule has 2 amide bonds. The Morgan fingerprint density at radius 3 is 2.71 bits per heavy atom. The summed E-state index contributed by atoms with van der Waals surface area (Å²) >= 11 is 1.40. The summed E-state index contributed by atoms with van der Waals surface area (Å²) < 4.78 is 49.0. The van der Waals surface area contributed by atoms with Crippen LogP contribution in [-0.4, -0.2) is 59.3 Å². The molecular weight excluding hydrogens is 666 g/mol. The van der Waals surface area contributed by atoms with E-state index in [4.69, 9.17) is 4.74 Å². The van der Waals surface area contributed by atoms with E-state index in [1.54, 1.807) is 17.9 Å². The Hall–Kier alpha value is -3.64. The molecule has 9 nitrogen and oxygen atoms in total. The van der Waals surface area contributed by atoms with E-state index in [2.05, 4.69) is 9.71 Å². The SMILES string of the molecule is CC1(S(=O)(=O)NC(=O)[C@]23CC(=O)[C@@H]4C[C@@H](Oc5nc6ccccc6s5)CN4C(=O)[C@@H](Cc4cccc(F)c4)CCCCC/C=C\[C@H]2C3)CC1. The average molecular weight is 708 g/mol. The number of amides is 2. The molecule has 49 heavy (non-hydrogen) atoms. The van der Waals surface area contributed by atoms with Crippen LogP contribution in [-0.2, 0) is 30.8 Å². The molecule has 0 unspecified atom stereocenters. The molecule has 7 rings (SSSR count). The number of hydrogen-bond donors (Lipinski definition) is 1. The molecule has 1 N–H and O–H groups in total. The monoisotopic (exact) mass is 707 g/mol. The van der Waals surface area contributed by atoms with Crippen LogP contribution in [0.4, 0.5) is 4.39 Å². The van der Waals surface area contributed by atoms with E-state index < -0.39 is 44.2 Å². The minimum absolute atomic E-state index is 0.167. The fourth-order valence-electron chi connectivity index (χ4n) is 7.41. The average Bonchev–Trinajstić information content (AvgIpc) is 3.87. The maximum Gasteiger partial charge on any atom is 0.274 e. The third kappa shape index (κ3) is 7.04. The van der Waals surface area contributed by atoms with Crippen molar-refractivity contribution >= 4 is 49.2 Å². The topological polar surface area (TPSA) is 123 Å². The summed E-state index contributed by atoms with van der Waals surface area (Å²) in [5, 5.41) is 0.451. The molecule has 3 aromatic rings. The summed E-state index contributed by atoms with van der Waals surface area (Å²) in [6.45, 7) is 1.79. The van der Waals surface area contributed by atoms with Crippen molar-refractivity contribution in [1.29, 1.82) is 0 Å². The van der Waals surface area contributed by atoms with Gasteiger partial charge in [-0.3, -0.25) is 19.1 Å². The van der Waals surface area contributed by atoms with Gasteiger partial charge in [0.2, 0.25) is 21.8 Å². The number of Topliss-reactive ketones (excluding diaryl/α,β-unsaturated/α-hetero) is 1. The highest BCUT2D eigenvalue weighted by Crippen LogP contribution is 2.57. The first-order chi connectivity index (χ1) is 23.5. The van der Waals surface area contributed by atoms with Gasteiger partial charge in [0.05, 0.1) is 33.0 Å². The number of para-hydroxylation sites is 1. The Kier molecular flexibility index (Phi) is 9.14. The zero-order valence-electron chi connectivity index (χ0n) is 27.6. The Bertz CT molecular complexity index is 1870. The summed E-state index contributed by atoms with van der Waals surface area (Å²) in [6, 6.07) is 13.1. The summed E-state index contributed by atoms with van der Waals surface area (Å²) in [7, 11) is -3.90. The van der Waals surface area contributed by atoms with Crippen molar-refractivity contribution in [2.75, 3.05) is 6.54 Å². The standard InChI is InChI=1S/C37H42FN3O6S2/c1-36(16-17-36)49(45,46)40-34(44)37-21-26(37)12-6-4-2-3-5-11-25(18-24-10-9-13-27(38)19-24)33(43)41-23-28(20-30(41)31(42)22-37)47-35-39-29-14-7-8-15-32(29)48-35/h6-10,12-15,19,25-26,28,30H,2-5,11,16-18,20-23H2,1H3,(H,40,44)/b12-6-/t25-,26+,28-,30+,37-/m1/s1. The lowest BCUT2D eigenvalue weighted by atomic mass is 9.90. The van der Waals surface area contributed by atoms with Crippen molar-refractivity contribution in [3.8, 4) is 5.19 Å². The lowest BCUT2D eigenvalue weighted by molar-refractivity contribution is -0.142. The number of rotatable bonds is 7. The van der Waals surface area contributed by atoms with Crippen LogP contribution >= 0.6 is 11.3 Å². The number of aromatic nitrogens is 1. The number of halogens is 1. The predicted molar refractivity (Wildman–Crippen MR) is 185 cm³/mol. The van der Waals surface area contributed by atoms with Gasteiger partial charge in [-0.25, -0.2) is 17.8 Å². The van der Waals surface area contributed by atoms with Gasteiger partial charge < -0.3 is 9.64 Å². The van der Waals surface area contributed by atoms with Crippen LogP contribution in [0.15, 0.2) is 60.7 Å². The number of nitrogens with zero attached hydrogens (tertiary/aromatic N) is 2. The van der Waals surface area contributed by atoms with E-state index in [9.17, 15) is 27.2 Å². The second-order valence-corrected chi connectivity index (χ2v) is 17.7. The number of ether oxygens (including phenoxy) is 1. The number of benzene rings is 2. The fraction of sp³-hybridized carbons (Fsp3) is 0.514. The Balaban J connectivity index is 1.18. The van der Waals surface area contributed by atoms with Crippen LogP contribution in [0.1, 0.15) is 76.7 Å². The molecule has 12 heteroatoms. The summed E-state index contributed by atoms with van der Waals surface area (Å²) in [4.78, 5) is 48.9. The van der Waals surface area contributed by atoms with Crippen molar-refractivity contribution in [2.45, 2.75) is 94.4 Å². The quantitative estimate of drug-likeness (QED) is 0.294. The van der Waals surface area contributed by atoms with Crippen molar-refractivity contribution in [2.24, 2.45) is 17.3 Å². The molecule has 0 radical (unpaired) electrons. The molecule has 5 atom stereocenters. The number of sulfonamides is 1. The third-order valence-electron chi connectivity index (χ3n) is 10.9. The highest BCUT2D eigenvalue weighted by molar-refractivity contribution is 7.91. The second kappa shape index (κ2) is 13.2. The van der Waals surface area contributed by atoms with Gasteiger partial charge in [-0.05, 0) is 87.6 Å². The molecule has 260 valence electrons. The minimum Gasteiger partial charge on any atom is -0.465 e. The van der Waals surface area contributed by atoms with Crippen LogP contribution in [0.3, 0.4) is 0 Å². The summed E-state index contributed by atoms with van der Waals surface area (Å²) in [5.74, 6) is -2.24. The van der Waals surface area contributed by atoms with E-state index in [0.717, 1.165) is 35.9 Å². The lowest BCUT2D eigenvalue weighted by Gasteiger charge is -2.29. The predicted octanol–water partition coefficient (Wildman–Crippen LogP) is 6.13. The fourth-order valence-corrected chi connectivity index (χ4v) is 9.63. The van der Waals surface area contributed by atoms with E-state index in [1.807, 2.05) is 42.5 Å². The zero-order chi connectivity index (χ0) is 34.4. The van der Waals surface area contributed by atoms with E-state index in [1.165, 1.54) is 23.5 Å². The minimum atomic E-state index is -3.90. The van der Waals surface area contributed by atoms with Crippen LogP contribution in [0.5, 0.6) is 5.19 Å². The summed E-state index contributed by atoms with van der Waals surface area (Å²) in [5.41, 5.74) is 0.312. The smallest absolute Gasteiger partial charge is 0.274 e. The highest BCUT2D eigenvalue weighted by Gasteiger charge is 2.62. The Labute approximate surface area is 290 Å². The van der Waals surface area contributed by atoms with Crippen LogP contribution in [0.2, 0.25) is 0 Å². The van der Waals surface area contributed by atoms with Crippen molar-refractivity contribution in [3.05, 3.63) is 72.1 Å². The number of carbonyl (C=O) groups excluding carboxylic acids is 3. The number of thiazole rings is 1. The molecular formula is C37H42FN3O6S2. The number of fused-ring (bicyclic) bond motifs is 3. The summed E-state index contributed by atoms with van der Waals surface area (Å²) in [6.07, 6.45) is 9.12. The molecule has 0 bridgehead atoms. The van der Waals surface area contributed by atoms with Gasteiger partial charge >= 0.3 is 0 Å². The van der Waals surface area contributed by atoms with Crippen LogP contribution in [0, 0.1) is 23.1 Å². The van der Waals surface area contributed by atoms with E-state index in [0.29, 0.717) is 42.9 Å². The van der Waals surface area contributed by atoms with E-state index in [-0.39, 0.29) is 42.8 Å². The van der Waals surface area contributed by atoms with Gasteiger partial charge in [-0.15, -0.1) is 0 Å². The number of ketones is 1. The van der Waals surface area contributed by atoms with Crippen molar-refractivity contribution in [3.63, 3.8) is 0 Å². The van der Waals surface area contributed by atoms with Gasteiger partial charge in [0.1, 0.15) is 11.9 Å². The van der Waals surface area contributed by atoms with E-state index >= 15 is 0 Å². The number of nitrogens with one attached hydrogen (secondary N) is 1. The number of carbonyl (C=O) groups is 3. The van der Waals surface area contributed by atoms with Gasteiger partial charge in [0, 0.05) is 18.8 Å². The van der Waals surface area contributed by atoms with Crippen molar-refractivity contribution in [1.82, 2.24) is 14.6 Å². The first-order valence-electron chi connectivity index (χ1n) is 17.3. The number of allylic oxidation sites excluding steroid dienone is 2. The molecule has 3 fully saturated rings. The molecule has 2 aromatic carbocycles. The Morgan fingerprint density at radius 2 is 1.94 bits per heavy atom. The number of hydrogen-bond acceptors (Lipinski definition) is 8. The largest absolute Gasteiger partial charge is 0.465 e. The Morgan fingerprint density at radius 1 is 1.12 bits per heavy atom. The molecule has 4 aliphatic rings. The second-order valence-electron chi connectivity index (χ2n) is 14.5. The first-order valence-corrected chi connectivity index (χ1v) is 19.6. The van der Waals surface area contributed by atoms with Gasteiger partial charge in [0.15, 0.2) is 5.78 Å². The molecule has 1 aromatic heterocycles. The van der Waals surface area contributed by atoms with Gasteiger partial charge in [-0.2, -0.15) is 0 Å². The van der Waals surface area contributed by atoms with Crippen LogP contribution < -0.4 is 9.46 Å². The van der Waals surface area contributed by atoms with Crippen molar-refractivity contribution < 1.29 is 31.9 Å². The molecule has 3 heterocycles. The van der Waals surface area contributed by atoms with Gasteiger partial charge in [-0.1, -0.05) is 60.6 Å². The normalized spacial score (nSPS) is 29.3. The molecule has 1 saturated heterocycles. The zero-order valence-corrected chi connectivity index (χ0v) is 29.2. The maximum atomic E-state index is 14.5. The first kappa shape index (κ1) is 33.8. The molecule has 2 aliphatic heterocycles. The maximum absolute atomic E-state index is 14.5. The molecule has 2 aliphatic carbocycles. The van der Waals surface area contributed by atoms with Crippen LogP contribution in [0.25, 0.3) is 10.2 Å². The molecule has 2 saturated carbocycles. The highest BCUT2D eigenvalue weighted by atomic mass is 32.2. The van der Waals surface area contributed by atoms with Gasteiger partial charge in [0.25, 0.3) is 5.19 Å². The lowest BCUT2D eigenvalue weighted by Crippen LogP contribution is -2.47. The molecule has 0 spiro atoms.